The van der Waals surface area contributed by atoms with Crippen LogP contribution < -0.4 is 10.1 Å². The molecule has 0 saturated carbocycles. The molecule has 1 aromatic rings. The third kappa shape index (κ3) is 5.06. The molecule has 0 atom stereocenters. The predicted octanol–water partition coefficient (Wildman–Crippen LogP) is 2.24. The summed E-state index contributed by atoms with van der Waals surface area (Å²) in [7, 11) is 0. The van der Waals surface area contributed by atoms with Gasteiger partial charge in [-0.05, 0) is 24.6 Å². The van der Waals surface area contributed by atoms with E-state index >= 15 is 0 Å². The molecule has 0 radical (unpaired) electrons. The molecule has 1 rings (SSSR count). The normalized spacial score (nSPS) is 10.2. The second-order valence-electron chi connectivity index (χ2n) is 3.90. The van der Waals surface area contributed by atoms with Crippen LogP contribution in [0.3, 0.4) is 0 Å². The zero-order chi connectivity index (χ0) is 13.4. The van der Waals surface area contributed by atoms with Crippen molar-refractivity contribution in [2.45, 2.75) is 26.4 Å². The Bertz CT molecular complexity index is 396. The van der Waals surface area contributed by atoms with E-state index in [0.717, 1.165) is 17.3 Å². The molecule has 2 N–H and O–H groups in total. The Kier molecular flexibility index (Phi) is 6.75. The van der Waals surface area contributed by atoms with Crippen LogP contribution in [0.4, 0.5) is 0 Å². The maximum atomic E-state index is 11.4. The van der Waals surface area contributed by atoms with Gasteiger partial charge in [0.15, 0.2) is 6.61 Å². The van der Waals surface area contributed by atoms with Gasteiger partial charge in [0.05, 0.1) is 6.61 Å². The summed E-state index contributed by atoms with van der Waals surface area (Å²) in [5, 5.41) is 11.9. The first-order chi connectivity index (χ1) is 8.67. The van der Waals surface area contributed by atoms with Crippen LogP contribution in [0.15, 0.2) is 22.7 Å². The molecule has 18 heavy (non-hydrogen) atoms. The average molecular weight is 316 g/mol. The molecule has 0 heterocycles. The number of aliphatic hydroxyl groups excluding tert-OH is 1. The first-order valence-electron chi connectivity index (χ1n) is 5.96. The molecule has 0 fully saturated rings. The molecule has 0 aliphatic heterocycles. The molecule has 5 heteroatoms. The SMILES string of the molecule is CCCCNC(=O)COc1ccc(Br)cc1CO. The highest BCUT2D eigenvalue weighted by Crippen LogP contribution is 2.23. The highest BCUT2D eigenvalue weighted by molar-refractivity contribution is 9.10. The van der Waals surface area contributed by atoms with Gasteiger partial charge in [-0.25, -0.2) is 0 Å². The molecular formula is C13H18BrNO3. The summed E-state index contributed by atoms with van der Waals surface area (Å²) in [6.07, 6.45) is 2.01. The van der Waals surface area contributed by atoms with Crippen LogP contribution in [-0.2, 0) is 11.4 Å². The number of halogens is 1. The van der Waals surface area contributed by atoms with Gasteiger partial charge in [0.1, 0.15) is 5.75 Å². The lowest BCUT2D eigenvalue weighted by atomic mass is 10.2. The van der Waals surface area contributed by atoms with Crippen molar-refractivity contribution in [1.29, 1.82) is 0 Å². The van der Waals surface area contributed by atoms with Gasteiger partial charge < -0.3 is 15.2 Å². The quantitative estimate of drug-likeness (QED) is 0.759. The number of carbonyl (C=O) groups excluding carboxylic acids is 1. The van der Waals surface area contributed by atoms with Crippen LogP contribution in [-0.4, -0.2) is 24.2 Å². The largest absolute Gasteiger partial charge is 0.483 e. The molecular weight excluding hydrogens is 298 g/mol. The Morgan fingerprint density at radius 1 is 1.50 bits per heavy atom. The van der Waals surface area contributed by atoms with Crippen molar-refractivity contribution >= 4 is 21.8 Å². The molecule has 0 bridgehead atoms. The Labute approximate surface area is 115 Å². The van der Waals surface area contributed by atoms with Crippen molar-refractivity contribution in [2.24, 2.45) is 0 Å². The number of nitrogens with one attached hydrogen (secondary N) is 1. The predicted molar refractivity (Wildman–Crippen MR) is 73.5 cm³/mol. The monoisotopic (exact) mass is 315 g/mol. The fraction of sp³-hybridized carbons (Fsp3) is 0.462. The van der Waals surface area contributed by atoms with E-state index in [2.05, 4.69) is 28.2 Å². The molecule has 1 amide bonds. The minimum atomic E-state index is -0.143. The number of unbranched alkanes of at least 4 members (excludes halogenated alkanes) is 1. The van der Waals surface area contributed by atoms with Crippen molar-refractivity contribution in [3.8, 4) is 5.75 Å². The van der Waals surface area contributed by atoms with Crippen molar-refractivity contribution in [3.63, 3.8) is 0 Å². The number of rotatable bonds is 7. The number of hydrogen-bond donors (Lipinski definition) is 2. The number of ether oxygens (including phenoxy) is 1. The molecule has 0 aromatic heterocycles. The smallest absolute Gasteiger partial charge is 0.257 e. The Hall–Kier alpha value is -1.07. The number of aliphatic hydroxyl groups is 1. The summed E-state index contributed by atoms with van der Waals surface area (Å²) in [6.45, 7) is 2.59. The minimum Gasteiger partial charge on any atom is -0.483 e. The molecule has 0 aliphatic carbocycles. The Morgan fingerprint density at radius 2 is 2.28 bits per heavy atom. The van der Waals surface area contributed by atoms with Crippen molar-refractivity contribution in [3.05, 3.63) is 28.2 Å². The molecule has 100 valence electrons. The van der Waals surface area contributed by atoms with Crippen LogP contribution in [0.5, 0.6) is 5.75 Å². The number of hydrogen-bond acceptors (Lipinski definition) is 3. The average Bonchev–Trinajstić information content (AvgIpc) is 2.37. The van der Waals surface area contributed by atoms with Crippen LogP contribution in [0.2, 0.25) is 0 Å². The first kappa shape index (κ1) is 15.0. The van der Waals surface area contributed by atoms with Gasteiger partial charge in [-0.3, -0.25) is 4.79 Å². The molecule has 4 nitrogen and oxygen atoms in total. The van der Waals surface area contributed by atoms with E-state index in [0.29, 0.717) is 17.9 Å². The summed E-state index contributed by atoms with van der Waals surface area (Å²) < 4.78 is 6.25. The van der Waals surface area contributed by atoms with E-state index in [1.807, 2.05) is 6.07 Å². The van der Waals surface area contributed by atoms with Crippen molar-refractivity contribution in [1.82, 2.24) is 5.32 Å². The first-order valence-corrected chi connectivity index (χ1v) is 6.75. The zero-order valence-electron chi connectivity index (χ0n) is 10.4. The molecule has 0 aliphatic rings. The second-order valence-corrected chi connectivity index (χ2v) is 4.82. The van der Waals surface area contributed by atoms with E-state index in [1.165, 1.54) is 0 Å². The lowest BCUT2D eigenvalue weighted by molar-refractivity contribution is -0.123. The van der Waals surface area contributed by atoms with Crippen LogP contribution in [0.1, 0.15) is 25.3 Å². The van der Waals surface area contributed by atoms with Gasteiger partial charge in [-0.15, -0.1) is 0 Å². The molecule has 0 saturated heterocycles. The Morgan fingerprint density at radius 3 is 2.94 bits per heavy atom. The van der Waals surface area contributed by atoms with E-state index in [-0.39, 0.29) is 19.1 Å². The third-order valence-electron chi connectivity index (χ3n) is 2.40. The van der Waals surface area contributed by atoms with Gasteiger partial charge in [0.25, 0.3) is 5.91 Å². The highest BCUT2D eigenvalue weighted by Gasteiger charge is 2.06. The fourth-order valence-corrected chi connectivity index (χ4v) is 1.82. The summed E-state index contributed by atoms with van der Waals surface area (Å²) in [6, 6.07) is 5.31. The summed E-state index contributed by atoms with van der Waals surface area (Å²) in [4.78, 5) is 11.4. The topological polar surface area (TPSA) is 58.6 Å². The van der Waals surface area contributed by atoms with Crippen LogP contribution >= 0.6 is 15.9 Å². The molecule has 0 unspecified atom stereocenters. The third-order valence-corrected chi connectivity index (χ3v) is 2.90. The summed E-state index contributed by atoms with van der Waals surface area (Å²) in [5.74, 6) is 0.390. The van der Waals surface area contributed by atoms with Crippen molar-refractivity contribution in [2.75, 3.05) is 13.2 Å². The van der Waals surface area contributed by atoms with Gasteiger partial charge >= 0.3 is 0 Å². The van der Waals surface area contributed by atoms with E-state index in [4.69, 9.17) is 4.74 Å². The zero-order valence-corrected chi connectivity index (χ0v) is 12.0. The van der Waals surface area contributed by atoms with Gasteiger partial charge in [0.2, 0.25) is 0 Å². The minimum absolute atomic E-state index is 0.0294. The van der Waals surface area contributed by atoms with Gasteiger partial charge in [0, 0.05) is 16.6 Å². The fourth-order valence-electron chi connectivity index (χ4n) is 1.41. The number of benzene rings is 1. The van der Waals surface area contributed by atoms with E-state index < -0.39 is 0 Å². The van der Waals surface area contributed by atoms with Gasteiger partial charge in [-0.1, -0.05) is 29.3 Å². The number of amides is 1. The standard InChI is InChI=1S/C13H18BrNO3/c1-2-3-6-15-13(17)9-18-12-5-4-11(14)7-10(12)8-16/h4-5,7,16H,2-3,6,8-9H2,1H3,(H,15,17). The number of carbonyl (C=O) groups is 1. The lowest BCUT2D eigenvalue weighted by Crippen LogP contribution is -2.29. The maximum absolute atomic E-state index is 11.4. The van der Waals surface area contributed by atoms with E-state index in [9.17, 15) is 9.90 Å². The Balaban J connectivity index is 2.45. The highest BCUT2D eigenvalue weighted by atomic mass is 79.9. The van der Waals surface area contributed by atoms with E-state index in [1.54, 1.807) is 12.1 Å². The maximum Gasteiger partial charge on any atom is 0.257 e. The lowest BCUT2D eigenvalue weighted by Gasteiger charge is -2.10. The molecule has 0 spiro atoms. The second kappa shape index (κ2) is 8.11. The van der Waals surface area contributed by atoms with Gasteiger partial charge in [-0.2, -0.15) is 0 Å². The van der Waals surface area contributed by atoms with Crippen LogP contribution in [0.25, 0.3) is 0 Å². The molecule has 1 aromatic carbocycles. The van der Waals surface area contributed by atoms with Crippen molar-refractivity contribution < 1.29 is 14.6 Å². The van der Waals surface area contributed by atoms with Crippen LogP contribution in [0, 0.1) is 0 Å². The summed E-state index contributed by atoms with van der Waals surface area (Å²) >= 11 is 3.31. The summed E-state index contributed by atoms with van der Waals surface area (Å²) in [5.41, 5.74) is 0.658.